The molecule has 0 bridgehead atoms. The minimum absolute atomic E-state index is 0.0174. The summed E-state index contributed by atoms with van der Waals surface area (Å²) in [6, 6.07) is 7.63. The van der Waals surface area contributed by atoms with Crippen LogP contribution in [-0.2, 0) is 14.3 Å². The number of amides is 2. The zero-order valence-electron chi connectivity index (χ0n) is 15.8. The third-order valence-electron chi connectivity index (χ3n) is 6.26. The second-order valence-electron chi connectivity index (χ2n) is 8.13. The zero-order valence-corrected chi connectivity index (χ0v) is 17.3. The Labute approximate surface area is 175 Å². The number of benzene rings is 1. The van der Waals surface area contributed by atoms with E-state index >= 15 is 0 Å². The molecule has 1 saturated carbocycles. The van der Waals surface area contributed by atoms with Crippen molar-refractivity contribution in [3.05, 3.63) is 29.8 Å². The molecule has 1 aromatic carbocycles. The number of halogens is 2. The number of nitrogens with one attached hydrogen (secondary N) is 1. The van der Waals surface area contributed by atoms with E-state index in [1.807, 2.05) is 24.3 Å². The van der Waals surface area contributed by atoms with Crippen LogP contribution in [0.4, 0.5) is 5.69 Å². The lowest BCUT2D eigenvalue weighted by molar-refractivity contribution is -0.138. The molecule has 2 saturated heterocycles. The fraction of sp³-hybridized carbons (Fsp3) is 0.619. The lowest BCUT2D eigenvalue weighted by atomic mass is 9.90. The van der Waals surface area contributed by atoms with Gasteiger partial charge in [-0.25, -0.2) is 0 Å². The van der Waals surface area contributed by atoms with Crippen LogP contribution in [0, 0.1) is 11.8 Å². The van der Waals surface area contributed by atoms with Gasteiger partial charge >= 0.3 is 0 Å². The van der Waals surface area contributed by atoms with E-state index < -0.39 is 10.7 Å². The normalized spacial score (nSPS) is 27.8. The molecule has 2 aliphatic heterocycles. The first kappa shape index (κ1) is 20.0. The minimum atomic E-state index is -1.10. The summed E-state index contributed by atoms with van der Waals surface area (Å²) in [5.74, 6) is 0.517. The van der Waals surface area contributed by atoms with E-state index in [4.69, 9.17) is 27.9 Å². The molecule has 3 aliphatic rings. The van der Waals surface area contributed by atoms with E-state index in [-0.39, 0.29) is 18.1 Å². The number of hydrogen-bond donors (Lipinski definition) is 1. The highest BCUT2D eigenvalue weighted by Crippen LogP contribution is 2.42. The predicted octanol–water partition coefficient (Wildman–Crippen LogP) is 4.30. The van der Waals surface area contributed by atoms with Gasteiger partial charge in [-0.15, -0.1) is 0 Å². The number of ether oxygens (including phenoxy) is 1. The number of nitrogens with zero attached hydrogens (tertiary/aromatic N) is 1. The second kappa shape index (κ2) is 8.60. The molecule has 4 rings (SSSR count). The van der Waals surface area contributed by atoms with Gasteiger partial charge in [-0.1, -0.05) is 48.2 Å². The van der Waals surface area contributed by atoms with Gasteiger partial charge in [0.2, 0.25) is 5.91 Å². The number of piperidine rings is 1. The summed E-state index contributed by atoms with van der Waals surface area (Å²) in [4.78, 5) is 25.5. The van der Waals surface area contributed by atoms with Crippen molar-refractivity contribution >= 4 is 40.7 Å². The Bertz CT molecular complexity index is 736. The Morgan fingerprint density at radius 1 is 1.18 bits per heavy atom. The van der Waals surface area contributed by atoms with Gasteiger partial charge in [-0.2, -0.15) is 0 Å². The van der Waals surface area contributed by atoms with Crippen molar-refractivity contribution < 1.29 is 14.3 Å². The van der Waals surface area contributed by atoms with Crippen molar-refractivity contribution in [2.24, 2.45) is 11.8 Å². The van der Waals surface area contributed by atoms with Crippen LogP contribution in [0.3, 0.4) is 0 Å². The molecule has 2 amide bonds. The van der Waals surface area contributed by atoms with Crippen LogP contribution in [0.2, 0.25) is 0 Å². The van der Waals surface area contributed by atoms with Crippen molar-refractivity contribution in [3.8, 4) is 0 Å². The molecule has 152 valence electrons. The first-order valence-electron chi connectivity index (χ1n) is 10.1. The molecule has 5 nitrogen and oxygen atoms in total. The van der Waals surface area contributed by atoms with Crippen molar-refractivity contribution in [2.45, 2.75) is 55.6 Å². The Balaban J connectivity index is 1.39. The molecular weight excluding hydrogens is 399 g/mol. The van der Waals surface area contributed by atoms with Crippen LogP contribution < -0.4 is 5.32 Å². The van der Waals surface area contributed by atoms with Gasteiger partial charge in [-0.05, 0) is 43.4 Å². The molecule has 3 fully saturated rings. The summed E-state index contributed by atoms with van der Waals surface area (Å²) in [6.07, 6.45) is 6.44. The maximum Gasteiger partial charge on any atom is 0.257 e. The van der Waals surface area contributed by atoms with Gasteiger partial charge in [0, 0.05) is 30.6 Å². The van der Waals surface area contributed by atoms with E-state index in [1.54, 1.807) is 0 Å². The highest BCUT2D eigenvalue weighted by atomic mass is 35.5. The number of likely N-dealkylation sites (tertiary alicyclic amines) is 1. The molecule has 3 atom stereocenters. The summed E-state index contributed by atoms with van der Waals surface area (Å²) in [7, 11) is 0. The van der Waals surface area contributed by atoms with Gasteiger partial charge < -0.3 is 15.0 Å². The summed E-state index contributed by atoms with van der Waals surface area (Å²) >= 11 is 11.2. The molecule has 0 spiro atoms. The molecule has 1 N–H and O–H groups in total. The summed E-state index contributed by atoms with van der Waals surface area (Å²) in [5, 5.41) is 2.71. The number of anilines is 1. The van der Waals surface area contributed by atoms with Gasteiger partial charge in [0.25, 0.3) is 5.91 Å². The molecular formula is C21H26Cl2N2O3. The average Bonchev–Trinajstić information content (AvgIpc) is 3.36. The third-order valence-corrected chi connectivity index (χ3v) is 6.66. The van der Waals surface area contributed by atoms with E-state index in [0.29, 0.717) is 17.5 Å². The van der Waals surface area contributed by atoms with Crippen molar-refractivity contribution in [2.75, 3.05) is 18.4 Å². The maximum absolute atomic E-state index is 12.8. The maximum atomic E-state index is 12.8. The molecule has 0 unspecified atom stereocenters. The number of fused-ring (bicyclic) bond motifs is 1. The van der Waals surface area contributed by atoms with E-state index in [2.05, 4.69) is 10.2 Å². The van der Waals surface area contributed by atoms with Gasteiger partial charge in [0.05, 0.1) is 12.2 Å². The van der Waals surface area contributed by atoms with E-state index in [1.165, 1.54) is 12.8 Å². The molecule has 2 heterocycles. The van der Waals surface area contributed by atoms with Crippen LogP contribution >= 0.6 is 23.2 Å². The van der Waals surface area contributed by atoms with Crippen molar-refractivity contribution in [1.82, 2.24) is 4.90 Å². The molecule has 1 aromatic rings. The smallest absolute Gasteiger partial charge is 0.257 e. The van der Waals surface area contributed by atoms with Gasteiger partial charge in [0.1, 0.15) is 0 Å². The summed E-state index contributed by atoms with van der Waals surface area (Å²) < 4.78 is 6.31. The Morgan fingerprint density at radius 3 is 2.71 bits per heavy atom. The lowest BCUT2D eigenvalue weighted by Gasteiger charge is -2.35. The van der Waals surface area contributed by atoms with Crippen LogP contribution in [0.15, 0.2) is 24.3 Å². The number of carbonyl (C=O) groups excluding carboxylic acids is 2. The highest BCUT2D eigenvalue weighted by molar-refractivity contribution is 6.54. The first-order valence-corrected chi connectivity index (χ1v) is 11.0. The SMILES string of the molecule is O=C(Nc1cccc([C@H]2C[C@@H]3CN(C(=O)C4CCCC4)CC[C@@H]3O2)c1)C(Cl)Cl. The number of hydrogen-bond acceptors (Lipinski definition) is 3. The molecule has 28 heavy (non-hydrogen) atoms. The van der Waals surface area contributed by atoms with Crippen LogP contribution in [0.1, 0.15) is 50.2 Å². The lowest BCUT2D eigenvalue weighted by Crippen LogP contribution is -2.46. The molecule has 0 radical (unpaired) electrons. The Kier molecular flexibility index (Phi) is 6.14. The predicted molar refractivity (Wildman–Crippen MR) is 109 cm³/mol. The van der Waals surface area contributed by atoms with E-state index in [0.717, 1.165) is 44.3 Å². The van der Waals surface area contributed by atoms with Crippen LogP contribution in [-0.4, -0.2) is 40.7 Å². The fourth-order valence-electron chi connectivity index (χ4n) is 4.82. The number of alkyl halides is 2. The van der Waals surface area contributed by atoms with Crippen molar-refractivity contribution in [3.63, 3.8) is 0 Å². The minimum Gasteiger partial charge on any atom is -0.370 e. The van der Waals surface area contributed by atoms with Crippen LogP contribution in [0.5, 0.6) is 0 Å². The summed E-state index contributed by atoms with van der Waals surface area (Å²) in [5.41, 5.74) is 1.69. The molecule has 0 aromatic heterocycles. The van der Waals surface area contributed by atoms with Crippen molar-refractivity contribution in [1.29, 1.82) is 0 Å². The number of rotatable bonds is 4. The molecule has 7 heteroatoms. The fourth-order valence-corrected chi connectivity index (χ4v) is 4.93. The highest BCUT2D eigenvalue weighted by Gasteiger charge is 2.41. The summed E-state index contributed by atoms with van der Waals surface area (Å²) in [6.45, 7) is 1.60. The van der Waals surface area contributed by atoms with Gasteiger partial charge in [-0.3, -0.25) is 9.59 Å². The Hall–Kier alpha value is -1.30. The zero-order chi connectivity index (χ0) is 19.7. The topological polar surface area (TPSA) is 58.6 Å². The monoisotopic (exact) mass is 424 g/mol. The second-order valence-corrected chi connectivity index (χ2v) is 9.22. The van der Waals surface area contributed by atoms with Crippen LogP contribution in [0.25, 0.3) is 0 Å². The standard InChI is InChI=1S/C21H26Cl2N2O3/c22-19(23)20(26)24-16-7-3-6-14(10-16)18-11-15-12-25(9-8-17(15)28-18)21(27)13-4-1-2-5-13/h3,6-7,10,13,15,17-19H,1-2,4-5,8-9,11-12H2,(H,24,26)/t15-,17+,18-/m1/s1. The third kappa shape index (κ3) is 4.32. The van der Waals surface area contributed by atoms with Gasteiger partial charge in [0.15, 0.2) is 4.84 Å². The number of carbonyl (C=O) groups is 2. The molecule has 1 aliphatic carbocycles. The largest absolute Gasteiger partial charge is 0.370 e. The quantitative estimate of drug-likeness (QED) is 0.732. The first-order chi connectivity index (χ1) is 13.5. The average molecular weight is 425 g/mol. The Morgan fingerprint density at radius 2 is 1.96 bits per heavy atom. The van der Waals surface area contributed by atoms with E-state index in [9.17, 15) is 9.59 Å².